The van der Waals surface area contributed by atoms with Gasteiger partial charge in [0.15, 0.2) is 0 Å². The molecule has 3 saturated carbocycles. The Morgan fingerprint density at radius 2 is 2.35 bits per heavy atom. The standard InChI is InChI=1S/C14H23NO2/c1-2-17-13(16)12-10-5-6-14(12,8-10)11-4-3-7-15-9-11/h10-12,15H,2-9H2,1H3. The van der Waals surface area contributed by atoms with E-state index >= 15 is 0 Å². The molecule has 3 heteroatoms. The Labute approximate surface area is 103 Å². The van der Waals surface area contributed by atoms with Crippen LogP contribution in [0, 0.1) is 23.2 Å². The summed E-state index contributed by atoms with van der Waals surface area (Å²) in [7, 11) is 0. The number of piperidine rings is 1. The molecule has 0 aromatic heterocycles. The Morgan fingerprint density at radius 1 is 1.47 bits per heavy atom. The number of carbonyl (C=O) groups excluding carboxylic acids is 1. The fourth-order valence-electron chi connectivity index (χ4n) is 4.65. The topological polar surface area (TPSA) is 38.3 Å². The van der Waals surface area contributed by atoms with Gasteiger partial charge in [-0.05, 0) is 69.4 Å². The molecule has 3 aliphatic carbocycles. The van der Waals surface area contributed by atoms with Crippen LogP contribution in [0.1, 0.15) is 39.0 Å². The Morgan fingerprint density at radius 3 is 3.00 bits per heavy atom. The number of ether oxygens (including phenoxy) is 1. The number of hydrogen-bond acceptors (Lipinski definition) is 3. The van der Waals surface area contributed by atoms with Crippen LogP contribution in [0.25, 0.3) is 0 Å². The van der Waals surface area contributed by atoms with Crippen LogP contribution in [-0.4, -0.2) is 25.7 Å². The third-order valence-electron chi connectivity index (χ3n) is 5.36. The van der Waals surface area contributed by atoms with E-state index in [1.807, 2.05) is 6.92 Å². The van der Waals surface area contributed by atoms with E-state index in [4.69, 9.17) is 4.74 Å². The molecule has 4 fully saturated rings. The molecule has 0 radical (unpaired) electrons. The second-order valence-electron chi connectivity index (χ2n) is 6.01. The van der Waals surface area contributed by atoms with E-state index in [0.717, 1.165) is 13.1 Å². The van der Waals surface area contributed by atoms with Crippen molar-refractivity contribution in [2.45, 2.75) is 39.0 Å². The fourth-order valence-corrected chi connectivity index (χ4v) is 4.65. The van der Waals surface area contributed by atoms with E-state index in [1.54, 1.807) is 0 Å². The molecular weight excluding hydrogens is 214 g/mol. The zero-order chi connectivity index (χ0) is 11.9. The molecule has 17 heavy (non-hydrogen) atoms. The molecule has 2 bridgehead atoms. The quantitative estimate of drug-likeness (QED) is 0.763. The average molecular weight is 237 g/mol. The van der Waals surface area contributed by atoms with Gasteiger partial charge in [0.05, 0.1) is 12.5 Å². The van der Waals surface area contributed by atoms with Crippen molar-refractivity contribution >= 4 is 5.97 Å². The first kappa shape index (κ1) is 11.5. The van der Waals surface area contributed by atoms with Crippen molar-refractivity contribution in [3.8, 4) is 0 Å². The zero-order valence-electron chi connectivity index (χ0n) is 10.7. The molecule has 4 unspecified atom stereocenters. The first-order valence-corrected chi connectivity index (χ1v) is 7.15. The Kier molecular flexibility index (Phi) is 2.89. The van der Waals surface area contributed by atoms with Crippen LogP contribution < -0.4 is 5.32 Å². The highest BCUT2D eigenvalue weighted by Crippen LogP contribution is 2.67. The molecule has 0 aromatic carbocycles. The largest absolute Gasteiger partial charge is 0.466 e. The molecule has 4 atom stereocenters. The fraction of sp³-hybridized carbons (Fsp3) is 0.929. The van der Waals surface area contributed by atoms with Gasteiger partial charge in [-0.2, -0.15) is 0 Å². The van der Waals surface area contributed by atoms with Gasteiger partial charge in [0.2, 0.25) is 0 Å². The van der Waals surface area contributed by atoms with Gasteiger partial charge in [-0.3, -0.25) is 4.79 Å². The van der Waals surface area contributed by atoms with Crippen LogP contribution in [0.4, 0.5) is 0 Å². The molecule has 4 aliphatic rings. The summed E-state index contributed by atoms with van der Waals surface area (Å²) in [4.78, 5) is 12.1. The summed E-state index contributed by atoms with van der Waals surface area (Å²) in [5, 5.41) is 3.50. The van der Waals surface area contributed by atoms with Crippen LogP contribution in [0.2, 0.25) is 0 Å². The van der Waals surface area contributed by atoms with E-state index < -0.39 is 0 Å². The Hall–Kier alpha value is -0.570. The van der Waals surface area contributed by atoms with Gasteiger partial charge >= 0.3 is 5.97 Å². The van der Waals surface area contributed by atoms with Gasteiger partial charge in [0.25, 0.3) is 0 Å². The highest BCUT2D eigenvalue weighted by Gasteiger charge is 2.65. The smallest absolute Gasteiger partial charge is 0.309 e. The molecule has 0 spiro atoms. The maximum Gasteiger partial charge on any atom is 0.309 e. The maximum absolute atomic E-state index is 12.1. The third kappa shape index (κ3) is 1.62. The van der Waals surface area contributed by atoms with E-state index in [9.17, 15) is 4.79 Å². The summed E-state index contributed by atoms with van der Waals surface area (Å²) in [5.41, 5.74) is 0.310. The Bertz CT molecular complexity index is 307. The molecule has 1 heterocycles. The van der Waals surface area contributed by atoms with Gasteiger partial charge in [0, 0.05) is 0 Å². The minimum absolute atomic E-state index is 0.0897. The minimum atomic E-state index is 0.0897. The first-order chi connectivity index (χ1) is 8.28. The second-order valence-corrected chi connectivity index (χ2v) is 6.01. The van der Waals surface area contributed by atoms with Crippen molar-refractivity contribution in [2.75, 3.05) is 19.7 Å². The van der Waals surface area contributed by atoms with E-state index in [-0.39, 0.29) is 11.9 Å². The second kappa shape index (κ2) is 4.27. The van der Waals surface area contributed by atoms with E-state index in [0.29, 0.717) is 23.9 Å². The van der Waals surface area contributed by atoms with E-state index in [2.05, 4.69) is 5.32 Å². The predicted octanol–water partition coefficient (Wildman–Crippen LogP) is 1.97. The third-order valence-corrected chi connectivity index (χ3v) is 5.36. The minimum Gasteiger partial charge on any atom is -0.466 e. The highest BCUT2D eigenvalue weighted by molar-refractivity contribution is 5.76. The molecule has 1 N–H and O–H groups in total. The molecule has 1 saturated heterocycles. The van der Waals surface area contributed by atoms with Gasteiger partial charge in [-0.1, -0.05) is 0 Å². The van der Waals surface area contributed by atoms with E-state index in [1.165, 1.54) is 32.1 Å². The van der Waals surface area contributed by atoms with Crippen molar-refractivity contribution in [1.29, 1.82) is 0 Å². The molecule has 96 valence electrons. The molecule has 0 amide bonds. The molecule has 4 rings (SSSR count). The molecule has 1 aliphatic heterocycles. The number of rotatable bonds is 3. The van der Waals surface area contributed by atoms with Gasteiger partial charge in [-0.15, -0.1) is 0 Å². The number of carbonyl (C=O) groups is 1. The van der Waals surface area contributed by atoms with Crippen molar-refractivity contribution in [3.05, 3.63) is 0 Å². The van der Waals surface area contributed by atoms with Crippen molar-refractivity contribution in [1.82, 2.24) is 5.32 Å². The monoisotopic (exact) mass is 237 g/mol. The lowest BCUT2D eigenvalue weighted by Crippen LogP contribution is -2.53. The summed E-state index contributed by atoms with van der Waals surface area (Å²) in [5.74, 6) is 1.67. The van der Waals surface area contributed by atoms with Crippen LogP contribution in [0.15, 0.2) is 0 Å². The van der Waals surface area contributed by atoms with Gasteiger partial charge in [0.1, 0.15) is 0 Å². The van der Waals surface area contributed by atoms with Crippen LogP contribution in [0.5, 0.6) is 0 Å². The Balaban J connectivity index is 1.74. The normalized spacial score (nSPS) is 44.2. The number of esters is 1. The van der Waals surface area contributed by atoms with Crippen LogP contribution >= 0.6 is 0 Å². The summed E-state index contributed by atoms with van der Waals surface area (Å²) < 4.78 is 5.28. The van der Waals surface area contributed by atoms with Crippen molar-refractivity contribution in [2.24, 2.45) is 23.2 Å². The van der Waals surface area contributed by atoms with Crippen LogP contribution in [0.3, 0.4) is 0 Å². The van der Waals surface area contributed by atoms with Crippen molar-refractivity contribution < 1.29 is 9.53 Å². The van der Waals surface area contributed by atoms with Gasteiger partial charge in [-0.25, -0.2) is 0 Å². The summed E-state index contributed by atoms with van der Waals surface area (Å²) in [6.45, 7) is 4.71. The highest BCUT2D eigenvalue weighted by atomic mass is 16.5. The van der Waals surface area contributed by atoms with Crippen LogP contribution in [-0.2, 0) is 9.53 Å². The maximum atomic E-state index is 12.1. The number of nitrogens with one attached hydrogen (secondary N) is 1. The molecule has 0 aromatic rings. The summed E-state index contributed by atoms with van der Waals surface area (Å²) in [6.07, 6.45) is 6.36. The number of fused-ring (bicyclic) bond motifs is 1. The predicted molar refractivity (Wildman–Crippen MR) is 65.5 cm³/mol. The summed E-state index contributed by atoms with van der Waals surface area (Å²) >= 11 is 0. The number of hydrogen-bond donors (Lipinski definition) is 1. The molecular formula is C14H23NO2. The summed E-state index contributed by atoms with van der Waals surface area (Å²) in [6, 6.07) is 0. The first-order valence-electron chi connectivity index (χ1n) is 7.15. The van der Waals surface area contributed by atoms with Crippen molar-refractivity contribution in [3.63, 3.8) is 0 Å². The average Bonchev–Trinajstić information content (AvgIpc) is 2.89. The van der Waals surface area contributed by atoms with Gasteiger partial charge < -0.3 is 10.1 Å². The molecule has 3 nitrogen and oxygen atoms in total. The lowest BCUT2D eigenvalue weighted by molar-refractivity contribution is -0.166. The zero-order valence-corrected chi connectivity index (χ0v) is 10.7. The lowest BCUT2D eigenvalue weighted by Gasteiger charge is -2.52. The lowest BCUT2D eigenvalue weighted by atomic mass is 9.53. The SMILES string of the molecule is CCOC(=O)C1C2CCC1(C1CCCNC1)C2.